The predicted molar refractivity (Wildman–Crippen MR) is 96.0 cm³/mol. The number of amides is 1. The Kier molecular flexibility index (Phi) is 4.10. The molecule has 3 heterocycles. The summed E-state index contributed by atoms with van der Waals surface area (Å²) in [6.07, 6.45) is 0. The molecular formula is C18H17N3O3S. The number of hydrogen-bond acceptors (Lipinski definition) is 5. The Morgan fingerprint density at radius 2 is 2.20 bits per heavy atom. The van der Waals surface area contributed by atoms with E-state index in [0.717, 1.165) is 10.1 Å². The summed E-state index contributed by atoms with van der Waals surface area (Å²) in [6, 6.07) is 10.9. The SMILES string of the molecule is Cc1nc(C2COCCN2C(=O)c2cc3ccccc3s2)cc(=O)[nH]1. The maximum absolute atomic E-state index is 13.1. The van der Waals surface area contributed by atoms with Gasteiger partial charge in [-0.3, -0.25) is 9.59 Å². The molecule has 1 fully saturated rings. The summed E-state index contributed by atoms with van der Waals surface area (Å²) in [5, 5.41) is 1.06. The van der Waals surface area contributed by atoms with Crippen LogP contribution in [0.1, 0.15) is 27.2 Å². The van der Waals surface area contributed by atoms with Gasteiger partial charge in [0.1, 0.15) is 5.82 Å². The maximum Gasteiger partial charge on any atom is 0.264 e. The van der Waals surface area contributed by atoms with Crippen molar-refractivity contribution in [3.63, 3.8) is 0 Å². The lowest BCUT2D eigenvalue weighted by atomic mass is 10.1. The van der Waals surface area contributed by atoms with Crippen molar-refractivity contribution < 1.29 is 9.53 Å². The van der Waals surface area contributed by atoms with Gasteiger partial charge in [-0.2, -0.15) is 0 Å². The molecule has 1 atom stereocenters. The Hall–Kier alpha value is -2.51. The number of fused-ring (bicyclic) bond motifs is 1. The fraction of sp³-hybridized carbons (Fsp3) is 0.278. The number of carbonyl (C=O) groups excluding carboxylic acids is 1. The molecule has 0 radical (unpaired) electrons. The van der Waals surface area contributed by atoms with E-state index in [9.17, 15) is 9.59 Å². The number of rotatable bonds is 2. The highest BCUT2D eigenvalue weighted by molar-refractivity contribution is 7.20. The number of carbonyl (C=O) groups is 1. The van der Waals surface area contributed by atoms with Gasteiger partial charge in [-0.05, 0) is 24.4 Å². The molecule has 1 aliphatic heterocycles. The number of hydrogen-bond donors (Lipinski definition) is 1. The van der Waals surface area contributed by atoms with Crippen LogP contribution in [0.4, 0.5) is 0 Å². The van der Waals surface area contributed by atoms with Crippen molar-refractivity contribution in [2.24, 2.45) is 0 Å². The van der Waals surface area contributed by atoms with Gasteiger partial charge in [0.25, 0.3) is 11.5 Å². The minimum absolute atomic E-state index is 0.0470. The third-order valence-electron chi connectivity index (χ3n) is 4.25. The van der Waals surface area contributed by atoms with Crippen molar-refractivity contribution in [1.29, 1.82) is 0 Å². The molecule has 7 heteroatoms. The molecule has 128 valence electrons. The van der Waals surface area contributed by atoms with Crippen molar-refractivity contribution in [3.05, 3.63) is 63.1 Å². The lowest BCUT2D eigenvalue weighted by molar-refractivity contribution is -0.00374. The first-order valence-corrected chi connectivity index (χ1v) is 8.88. The number of aryl methyl sites for hydroxylation is 1. The van der Waals surface area contributed by atoms with Gasteiger partial charge < -0.3 is 14.6 Å². The second-order valence-corrected chi connectivity index (χ2v) is 7.08. The minimum atomic E-state index is -0.354. The molecule has 2 aromatic heterocycles. The summed E-state index contributed by atoms with van der Waals surface area (Å²) in [7, 11) is 0. The fourth-order valence-electron chi connectivity index (χ4n) is 3.09. The number of aromatic nitrogens is 2. The smallest absolute Gasteiger partial charge is 0.264 e. The van der Waals surface area contributed by atoms with Gasteiger partial charge in [0, 0.05) is 17.3 Å². The molecule has 1 saturated heterocycles. The molecule has 4 rings (SSSR count). The normalized spacial score (nSPS) is 17.8. The minimum Gasteiger partial charge on any atom is -0.377 e. The van der Waals surface area contributed by atoms with Crippen LogP contribution >= 0.6 is 11.3 Å². The lowest BCUT2D eigenvalue weighted by Gasteiger charge is -2.34. The average molecular weight is 355 g/mol. The molecule has 0 spiro atoms. The van der Waals surface area contributed by atoms with Crippen LogP contribution in [0, 0.1) is 6.92 Å². The summed E-state index contributed by atoms with van der Waals surface area (Å²) < 4.78 is 6.63. The van der Waals surface area contributed by atoms with E-state index in [4.69, 9.17) is 4.74 Å². The van der Waals surface area contributed by atoms with Crippen LogP contribution < -0.4 is 5.56 Å². The molecule has 25 heavy (non-hydrogen) atoms. The number of nitrogens with one attached hydrogen (secondary N) is 1. The zero-order valence-corrected chi connectivity index (χ0v) is 14.5. The molecule has 1 unspecified atom stereocenters. The highest BCUT2D eigenvalue weighted by atomic mass is 32.1. The third-order valence-corrected chi connectivity index (χ3v) is 5.35. The molecular weight excluding hydrogens is 338 g/mol. The van der Waals surface area contributed by atoms with E-state index in [1.54, 1.807) is 11.8 Å². The molecule has 1 amide bonds. The van der Waals surface area contributed by atoms with E-state index in [-0.39, 0.29) is 17.5 Å². The van der Waals surface area contributed by atoms with E-state index in [0.29, 0.717) is 36.2 Å². The Balaban J connectivity index is 1.70. The second-order valence-electron chi connectivity index (χ2n) is 5.99. The van der Waals surface area contributed by atoms with Gasteiger partial charge in [0.05, 0.1) is 29.8 Å². The number of nitrogens with zero attached hydrogens (tertiary/aromatic N) is 2. The lowest BCUT2D eigenvalue weighted by Crippen LogP contribution is -2.43. The number of benzene rings is 1. The summed E-state index contributed by atoms with van der Waals surface area (Å²) in [5.74, 6) is 0.483. The molecule has 0 bridgehead atoms. The Bertz CT molecular complexity index is 961. The molecule has 0 saturated carbocycles. The van der Waals surface area contributed by atoms with Crippen LogP contribution in [0.25, 0.3) is 10.1 Å². The van der Waals surface area contributed by atoms with Crippen LogP contribution in [0.3, 0.4) is 0 Å². The van der Waals surface area contributed by atoms with Crippen LogP contribution in [0.5, 0.6) is 0 Å². The topological polar surface area (TPSA) is 75.3 Å². The van der Waals surface area contributed by atoms with Gasteiger partial charge in [-0.15, -0.1) is 11.3 Å². The molecule has 1 aliphatic rings. The first kappa shape index (κ1) is 16.0. The highest BCUT2D eigenvalue weighted by Gasteiger charge is 2.31. The number of H-pyrrole nitrogens is 1. The van der Waals surface area contributed by atoms with Crippen molar-refractivity contribution in [2.75, 3.05) is 19.8 Å². The zero-order chi connectivity index (χ0) is 17.4. The largest absolute Gasteiger partial charge is 0.377 e. The van der Waals surface area contributed by atoms with Gasteiger partial charge >= 0.3 is 0 Å². The van der Waals surface area contributed by atoms with E-state index >= 15 is 0 Å². The number of morpholine rings is 1. The van der Waals surface area contributed by atoms with Gasteiger partial charge in [0.2, 0.25) is 0 Å². The second kappa shape index (κ2) is 6.42. The van der Waals surface area contributed by atoms with Gasteiger partial charge in [0.15, 0.2) is 0 Å². The van der Waals surface area contributed by atoms with E-state index in [1.807, 2.05) is 30.3 Å². The molecule has 6 nitrogen and oxygen atoms in total. The molecule has 1 N–H and O–H groups in total. The van der Waals surface area contributed by atoms with Crippen LogP contribution in [0.15, 0.2) is 41.2 Å². The first-order chi connectivity index (χ1) is 12.1. The summed E-state index contributed by atoms with van der Waals surface area (Å²) in [6.45, 7) is 3.03. The standard InChI is InChI=1S/C18H17N3O3S/c1-11-19-13(9-17(22)20-11)14-10-24-7-6-21(14)18(23)16-8-12-4-2-3-5-15(12)25-16/h2-5,8-9,14H,6-7,10H2,1H3,(H,19,20,22). The summed E-state index contributed by atoms with van der Waals surface area (Å²) in [4.78, 5) is 34.4. The van der Waals surface area contributed by atoms with Crippen molar-refractivity contribution >= 4 is 27.3 Å². The molecule has 0 aliphatic carbocycles. The van der Waals surface area contributed by atoms with Crippen molar-refractivity contribution in [3.8, 4) is 0 Å². The van der Waals surface area contributed by atoms with E-state index in [1.165, 1.54) is 17.4 Å². The molecule has 1 aromatic carbocycles. The van der Waals surface area contributed by atoms with Gasteiger partial charge in [-0.1, -0.05) is 18.2 Å². The van der Waals surface area contributed by atoms with Crippen molar-refractivity contribution in [1.82, 2.24) is 14.9 Å². The Morgan fingerprint density at radius 1 is 1.36 bits per heavy atom. The van der Waals surface area contributed by atoms with Crippen molar-refractivity contribution in [2.45, 2.75) is 13.0 Å². The van der Waals surface area contributed by atoms with E-state index in [2.05, 4.69) is 9.97 Å². The monoisotopic (exact) mass is 355 g/mol. The van der Waals surface area contributed by atoms with Gasteiger partial charge in [-0.25, -0.2) is 4.98 Å². The number of aromatic amines is 1. The maximum atomic E-state index is 13.1. The zero-order valence-electron chi connectivity index (χ0n) is 13.7. The third kappa shape index (κ3) is 3.08. The predicted octanol–water partition coefficient (Wildman–Crippen LogP) is 2.51. The first-order valence-electron chi connectivity index (χ1n) is 8.07. The summed E-state index contributed by atoms with van der Waals surface area (Å²) in [5.41, 5.74) is 0.345. The average Bonchev–Trinajstić information content (AvgIpc) is 3.04. The number of thiophene rings is 1. The van der Waals surface area contributed by atoms with E-state index < -0.39 is 0 Å². The van der Waals surface area contributed by atoms with Crippen LogP contribution in [-0.4, -0.2) is 40.5 Å². The van der Waals surface area contributed by atoms with Crippen LogP contribution in [-0.2, 0) is 4.74 Å². The quantitative estimate of drug-likeness (QED) is 0.766. The van der Waals surface area contributed by atoms with Crippen LogP contribution in [0.2, 0.25) is 0 Å². The fourth-order valence-corrected chi connectivity index (χ4v) is 4.11. The summed E-state index contributed by atoms with van der Waals surface area (Å²) >= 11 is 1.48. The molecule has 3 aromatic rings. The Labute approximate surface area is 148 Å². The number of ether oxygens (including phenoxy) is 1. The Morgan fingerprint density at radius 3 is 3.00 bits per heavy atom. The highest BCUT2D eigenvalue weighted by Crippen LogP contribution is 2.30.